The van der Waals surface area contributed by atoms with Gasteiger partial charge in [-0.2, -0.15) is 39.5 Å². The predicted octanol–water partition coefficient (Wildman–Crippen LogP) is 12.7. The molecule has 296 valence electrons. The number of phenolic OH excluding ortho intramolecular Hbond substituents is 1. The van der Waals surface area contributed by atoms with Gasteiger partial charge < -0.3 is 9.84 Å². The maximum atomic E-state index is 16.4. The molecule has 0 heterocycles. The molecule has 3 saturated carbocycles. The van der Waals surface area contributed by atoms with Gasteiger partial charge in [0.05, 0.1) is 13.0 Å². The van der Waals surface area contributed by atoms with Crippen molar-refractivity contribution in [3.63, 3.8) is 0 Å². The van der Waals surface area contributed by atoms with E-state index in [1.807, 2.05) is 6.07 Å². The number of methoxy groups -OCH3 is 1. The van der Waals surface area contributed by atoms with E-state index in [0.29, 0.717) is 35.7 Å². The zero-order valence-corrected chi connectivity index (χ0v) is 30.0. The molecule has 4 aliphatic rings. The van der Waals surface area contributed by atoms with E-state index in [4.69, 9.17) is 0 Å². The fourth-order valence-corrected chi connectivity index (χ4v) is 10.6. The first kappa shape index (κ1) is 41.0. The second-order valence-electron chi connectivity index (χ2n) is 16.5. The van der Waals surface area contributed by atoms with Crippen LogP contribution in [0.2, 0.25) is 0 Å². The number of alkyl halides is 10. The average molecular weight is 759 g/mol. The Labute approximate surface area is 299 Å². The first-order chi connectivity index (χ1) is 24.2. The molecule has 5 unspecified atom stereocenters. The summed E-state index contributed by atoms with van der Waals surface area (Å²) in [7, 11) is 1.05. The summed E-state index contributed by atoms with van der Waals surface area (Å²) in [6.07, 6.45) is 2.38. The Morgan fingerprint density at radius 2 is 1.44 bits per heavy atom. The van der Waals surface area contributed by atoms with E-state index in [1.165, 1.54) is 25.7 Å². The summed E-state index contributed by atoms with van der Waals surface area (Å²) in [5.41, 5.74) is 2.43. The zero-order chi connectivity index (χ0) is 38.3. The largest absolute Gasteiger partial charge is 0.508 e. The summed E-state index contributed by atoms with van der Waals surface area (Å²) in [6, 6.07) is 5.24. The molecular formula is C39H52F10O3. The van der Waals surface area contributed by atoms with Crippen molar-refractivity contribution in [2.24, 2.45) is 34.5 Å². The molecule has 0 bridgehead atoms. The van der Waals surface area contributed by atoms with Crippen LogP contribution in [0.5, 0.6) is 5.75 Å². The second kappa shape index (κ2) is 15.1. The van der Waals surface area contributed by atoms with Crippen molar-refractivity contribution >= 4 is 5.97 Å². The first-order valence-electron chi connectivity index (χ1n) is 19.0. The third kappa shape index (κ3) is 7.41. The van der Waals surface area contributed by atoms with E-state index in [2.05, 4.69) is 11.7 Å². The zero-order valence-electron chi connectivity index (χ0n) is 30.0. The van der Waals surface area contributed by atoms with Crippen LogP contribution in [0, 0.1) is 34.5 Å². The summed E-state index contributed by atoms with van der Waals surface area (Å²) >= 11 is 0. The van der Waals surface area contributed by atoms with E-state index >= 15 is 4.39 Å². The second-order valence-corrected chi connectivity index (χ2v) is 16.5. The molecule has 1 aromatic rings. The van der Waals surface area contributed by atoms with Gasteiger partial charge in [-0.1, -0.05) is 57.9 Å². The number of carbonyl (C=O) groups excluding carboxylic acids is 1. The first-order valence-corrected chi connectivity index (χ1v) is 19.0. The van der Waals surface area contributed by atoms with Crippen LogP contribution in [-0.2, 0) is 9.53 Å². The van der Waals surface area contributed by atoms with Crippen molar-refractivity contribution in [1.82, 2.24) is 0 Å². The summed E-state index contributed by atoms with van der Waals surface area (Å²) in [5, 5.41) is 10.2. The number of rotatable bonds is 17. The lowest BCUT2D eigenvalue weighted by Crippen LogP contribution is -2.60. The summed E-state index contributed by atoms with van der Waals surface area (Å²) in [6.45, 7) is 2.46. The molecule has 0 aliphatic heterocycles. The standard InChI is InChI=1S/C39H52F10O3/c1-34-19-16-27-26-15-14-25(50)23-29(26)32(40)28(31(27)30(34)17-20-35(34)21-22-35)13-9-7-5-3-4-6-8-11-24(33(51)52-2)12-10-18-36(41,42)37(43,44)38(45,46)39(47,48)49/h14-15,23-24,27-28,30-32,50H,3-13,16-22H2,1-2H3/t24?,27?,28-,30?,31?,32?,34-/m0/s1. The van der Waals surface area contributed by atoms with Gasteiger partial charge in [0.25, 0.3) is 0 Å². The molecule has 0 amide bonds. The number of benzene rings is 1. The molecule has 13 heteroatoms. The number of hydrogen-bond acceptors (Lipinski definition) is 3. The normalized spacial score (nSPS) is 29.0. The van der Waals surface area contributed by atoms with Gasteiger partial charge in [0.2, 0.25) is 0 Å². The van der Waals surface area contributed by atoms with Crippen molar-refractivity contribution in [2.45, 2.75) is 159 Å². The molecule has 0 saturated heterocycles. The van der Waals surface area contributed by atoms with Gasteiger partial charge in [-0.25, -0.2) is 4.39 Å². The Morgan fingerprint density at radius 1 is 0.827 bits per heavy atom. The fourth-order valence-electron chi connectivity index (χ4n) is 10.6. The Balaban J connectivity index is 1.06. The minimum Gasteiger partial charge on any atom is -0.508 e. The molecule has 1 spiro atoms. The highest BCUT2D eigenvalue weighted by atomic mass is 19.4. The van der Waals surface area contributed by atoms with Crippen LogP contribution >= 0.6 is 0 Å². The lowest BCUT2D eigenvalue weighted by atomic mass is 9.50. The van der Waals surface area contributed by atoms with Gasteiger partial charge in [0, 0.05) is 6.42 Å². The van der Waals surface area contributed by atoms with E-state index in [9.17, 15) is 49.4 Å². The fraction of sp³-hybridized carbons (Fsp3) is 0.821. The molecule has 0 radical (unpaired) electrons. The van der Waals surface area contributed by atoms with E-state index < -0.39 is 61.3 Å². The molecule has 0 aromatic heterocycles. The number of unbranched alkanes of at least 4 members (excludes halogenated alkanes) is 6. The Kier molecular flexibility index (Phi) is 11.9. The number of hydrogen-bond donors (Lipinski definition) is 1. The van der Waals surface area contributed by atoms with E-state index in [-0.39, 0.29) is 29.4 Å². The molecule has 3 nitrogen and oxygen atoms in total. The van der Waals surface area contributed by atoms with Crippen molar-refractivity contribution in [3.05, 3.63) is 29.3 Å². The number of ether oxygens (including phenoxy) is 1. The van der Waals surface area contributed by atoms with Crippen molar-refractivity contribution in [1.29, 1.82) is 0 Å². The maximum absolute atomic E-state index is 16.4. The van der Waals surface area contributed by atoms with E-state index in [0.717, 1.165) is 64.0 Å². The van der Waals surface area contributed by atoms with Crippen LogP contribution in [0.1, 0.15) is 146 Å². The van der Waals surface area contributed by atoms with Crippen LogP contribution < -0.4 is 0 Å². The molecule has 1 aromatic carbocycles. The van der Waals surface area contributed by atoms with Crippen LogP contribution in [-0.4, -0.2) is 42.1 Å². The monoisotopic (exact) mass is 758 g/mol. The Hall–Kier alpha value is -2.21. The number of esters is 1. The lowest BCUT2D eigenvalue weighted by molar-refractivity contribution is -0.396. The molecular weight excluding hydrogens is 706 g/mol. The van der Waals surface area contributed by atoms with Crippen LogP contribution in [0.3, 0.4) is 0 Å². The average Bonchev–Trinajstić information content (AvgIpc) is 3.82. The minimum absolute atomic E-state index is 0.0911. The summed E-state index contributed by atoms with van der Waals surface area (Å²) in [5.74, 6) is -19.9. The van der Waals surface area contributed by atoms with Gasteiger partial charge in [-0.05, 0) is 122 Å². The Morgan fingerprint density at radius 3 is 2.06 bits per heavy atom. The van der Waals surface area contributed by atoms with E-state index in [1.54, 1.807) is 12.1 Å². The quantitative estimate of drug-likeness (QED) is 0.0978. The van der Waals surface area contributed by atoms with Crippen LogP contribution in [0.4, 0.5) is 43.9 Å². The number of halogens is 10. The highest BCUT2D eigenvalue weighted by Crippen LogP contribution is 2.77. The highest BCUT2D eigenvalue weighted by molar-refractivity contribution is 5.72. The van der Waals surface area contributed by atoms with Crippen molar-refractivity contribution in [3.8, 4) is 5.75 Å². The smallest absolute Gasteiger partial charge is 0.460 e. The topological polar surface area (TPSA) is 46.5 Å². The molecule has 52 heavy (non-hydrogen) atoms. The number of carbonyl (C=O) groups is 1. The predicted molar refractivity (Wildman–Crippen MR) is 175 cm³/mol. The Bertz CT molecular complexity index is 1390. The minimum atomic E-state index is -6.93. The highest BCUT2D eigenvalue weighted by Gasteiger charge is 2.81. The third-order valence-electron chi connectivity index (χ3n) is 13.7. The maximum Gasteiger partial charge on any atom is 0.460 e. The summed E-state index contributed by atoms with van der Waals surface area (Å²) < 4.78 is 140. The molecule has 4 aliphatic carbocycles. The van der Waals surface area contributed by atoms with Crippen LogP contribution in [0.15, 0.2) is 18.2 Å². The SMILES string of the molecule is COC(=O)C(CCCCCCCCC[C@@H]1C(F)c2cc(O)ccc2C2CC[C@@]3(C)C(CCC34CC4)C21)CCCC(F)(F)C(F)(F)C(F)(F)C(F)(F)F. The van der Waals surface area contributed by atoms with Gasteiger partial charge in [-0.3, -0.25) is 4.79 Å². The molecule has 3 fully saturated rings. The van der Waals surface area contributed by atoms with Crippen LogP contribution in [0.25, 0.3) is 0 Å². The van der Waals surface area contributed by atoms with Crippen molar-refractivity contribution < 1.29 is 58.5 Å². The lowest BCUT2D eigenvalue weighted by Gasteiger charge is -2.55. The number of phenols is 1. The van der Waals surface area contributed by atoms with Gasteiger partial charge in [-0.15, -0.1) is 0 Å². The summed E-state index contributed by atoms with van der Waals surface area (Å²) in [4.78, 5) is 12.2. The molecule has 7 atom stereocenters. The molecule has 5 rings (SSSR count). The van der Waals surface area contributed by atoms with Gasteiger partial charge >= 0.3 is 29.9 Å². The third-order valence-corrected chi connectivity index (χ3v) is 13.7. The number of aromatic hydroxyl groups is 1. The van der Waals surface area contributed by atoms with Crippen molar-refractivity contribution in [2.75, 3.05) is 7.11 Å². The van der Waals surface area contributed by atoms with Gasteiger partial charge in [0.1, 0.15) is 11.9 Å². The molecule has 1 N–H and O–H groups in total. The number of fused-ring (bicyclic) bond motifs is 6. The van der Waals surface area contributed by atoms with Gasteiger partial charge in [0.15, 0.2) is 0 Å².